The van der Waals surface area contributed by atoms with Crippen molar-refractivity contribution in [2.75, 3.05) is 7.11 Å². The Bertz CT molecular complexity index is 1090. The second kappa shape index (κ2) is 10.2. The van der Waals surface area contributed by atoms with E-state index in [1.165, 1.54) is 0 Å². The van der Waals surface area contributed by atoms with Crippen LogP contribution >= 0.6 is 0 Å². The number of carbonyl (C=O) groups is 2. The summed E-state index contributed by atoms with van der Waals surface area (Å²) in [6.45, 7) is 11.9. The minimum absolute atomic E-state index is 0.220. The number of nitrogens with one attached hydrogen (secondary N) is 2. The lowest BCUT2D eigenvalue weighted by molar-refractivity contribution is -0.149. The molecule has 0 fully saturated rings. The van der Waals surface area contributed by atoms with Crippen LogP contribution in [0.3, 0.4) is 0 Å². The highest BCUT2D eigenvalue weighted by molar-refractivity contribution is 5.95. The molecule has 2 unspecified atom stereocenters. The lowest BCUT2D eigenvalue weighted by Gasteiger charge is -2.32. The standard InChI is InChI=1S/C27H34N2O5/c1-16-13-20(14-21(32-7)24(16)33-15-19-11-9-8-10-12-19)23-22(17(2)28-26(31)29-23)25(30)34-18(3)27(4,5)6/h8-14,18,23H,15H2,1-7H3,(H2,28,29,31). The number of allylic oxidation sites excluding steroid dienone is 1. The molecular formula is C27H34N2O5. The number of ether oxygens (including phenoxy) is 3. The van der Waals surface area contributed by atoms with Gasteiger partial charge in [0.05, 0.1) is 18.7 Å². The minimum Gasteiger partial charge on any atom is -0.493 e. The van der Waals surface area contributed by atoms with Gasteiger partial charge in [0.25, 0.3) is 0 Å². The number of carbonyl (C=O) groups excluding carboxylic acids is 2. The summed E-state index contributed by atoms with van der Waals surface area (Å²) in [7, 11) is 1.57. The summed E-state index contributed by atoms with van der Waals surface area (Å²) in [5.74, 6) is 0.659. The van der Waals surface area contributed by atoms with E-state index in [-0.39, 0.29) is 17.6 Å². The van der Waals surface area contributed by atoms with Crippen LogP contribution < -0.4 is 20.1 Å². The highest BCUT2D eigenvalue weighted by atomic mass is 16.5. The second-order valence-corrected chi connectivity index (χ2v) is 9.63. The molecule has 0 spiro atoms. The topological polar surface area (TPSA) is 85.9 Å². The van der Waals surface area contributed by atoms with Crippen LogP contribution in [0.15, 0.2) is 53.7 Å². The third-order valence-electron chi connectivity index (χ3n) is 6.03. The normalized spacial score (nSPS) is 16.9. The maximum absolute atomic E-state index is 13.2. The van der Waals surface area contributed by atoms with E-state index in [0.29, 0.717) is 34.9 Å². The van der Waals surface area contributed by atoms with E-state index in [4.69, 9.17) is 14.2 Å². The molecule has 0 radical (unpaired) electrons. The molecule has 2 amide bonds. The number of urea groups is 1. The smallest absolute Gasteiger partial charge is 0.338 e. The molecule has 2 N–H and O–H groups in total. The maximum Gasteiger partial charge on any atom is 0.338 e. The highest BCUT2D eigenvalue weighted by Gasteiger charge is 2.35. The van der Waals surface area contributed by atoms with Crippen molar-refractivity contribution in [3.8, 4) is 11.5 Å². The van der Waals surface area contributed by atoms with Crippen molar-refractivity contribution in [2.24, 2.45) is 5.41 Å². The Morgan fingerprint density at radius 3 is 2.41 bits per heavy atom. The van der Waals surface area contributed by atoms with Crippen molar-refractivity contribution in [3.05, 3.63) is 70.4 Å². The van der Waals surface area contributed by atoms with Gasteiger partial charge in [-0.2, -0.15) is 0 Å². The first kappa shape index (κ1) is 25.1. The minimum atomic E-state index is -0.691. The van der Waals surface area contributed by atoms with Crippen LogP contribution in [0.2, 0.25) is 0 Å². The highest BCUT2D eigenvalue weighted by Crippen LogP contribution is 2.38. The van der Waals surface area contributed by atoms with E-state index in [2.05, 4.69) is 10.6 Å². The monoisotopic (exact) mass is 466 g/mol. The van der Waals surface area contributed by atoms with Gasteiger partial charge < -0.3 is 24.8 Å². The van der Waals surface area contributed by atoms with Crippen LogP contribution in [0.5, 0.6) is 11.5 Å². The molecule has 182 valence electrons. The van der Waals surface area contributed by atoms with Crippen molar-refractivity contribution in [1.29, 1.82) is 0 Å². The van der Waals surface area contributed by atoms with Crippen LogP contribution in [-0.2, 0) is 16.1 Å². The zero-order chi connectivity index (χ0) is 25.0. The number of rotatable bonds is 7. The summed E-state index contributed by atoms with van der Waals surface area (Å²) in [6.07, 6.45) is -0.316. The van der Waals surface area contributed by atoms with Crippen molar-refractivity contribution in [1.82, 2.24) is 10.6 Å². The predicted molar refractivity (Wildman–Crippen MR) is 131 cm³/mol. The average Bonchev–Trinajstić information content (AvgIpc) is 2.77. The fourth-order valence-electron chi connectivity index (χ4n) is 3.62. The van der Waals surface area contributed by atoms with Crippen molar-refractivity contribution < 1.29 is 23.8 Å². The lowest BCUT2D eigenvalue weighted by Crippen LogP contribution is -2.46. The van der Waals surface area contributed by atoms with Gasteiger partial charge >= 0.3 is 12.0 Å². The van der Waals surface area contributed by atoms with E-state index < -0.39 is 12.0 Å². The Kier molecular flexibility index (Phi) is 7.54. The Balaban J connectivity index is 1.94. The molecular weight excluding hydrogens is 432 g/mol. The van der Waals surface area contributed by atoms with Gasteiger partial charge in [-0.3, -0.25) is 0 Å². The fourth-order valence-corrected chi connectivity index (χ4v) is 3.62. The number of aryl methyl sites for hydroxylation is 1. The van der Waals surface area contributed by atoms with Gasteiger partial charge in [0.2, 0.25) is 0 Å². The first-order chi connectivity index (χ1) is 16.0. The summed E-state index contributed by atoms with van der Waals surface area (Å²) >= 11 is 0. The number of methoxy groups -OCH3 is 1. The Hall–Kier alpha value is -3.48. The predicted octanol–water partition coefficient (Wildman–Crippen LogP) is 5.19. The Labute approximate surface area is 201 Å². The van der Waals surface area contributed by atoms with E-state index in [9.17, 15) is 9.59 Å². The maximum atomic E-state index is 13.2. The van der Waals surface area contributed by atoms with Gasteiger partial charge in [0, 0.05) is 5.70 Å². The van der Waals surface area contributed by atoms with E-state index in [0.717, 1.165) is 11.1 Å². The first-order valence-corrected chi connectivity index (χ1v) is 11.4. The Morgan fingerprint density at radius 1 is 1.12 bits per heavy atom. The Morgan fingerprint density at radius 2 is 1.79 bits per heavy atom. The largest absolute Gasteiger partial charge is 0.493 e. The molecule has 0 saturated carbocycles. The molecule has 1 aliphatic heterocycles. The van der Waals surface area contributed by atoms with E-state index in [1.807, 2.05) is 71.0 Å². The molecule has 1 aliphatic rings. The molecule has 2 aromatic rings. The third kappa shape index (κ3) is 5.71. The average molecular weight is 467 g/mol. The van der Waals surface area contributed by atoms with Gasteiger partial charge in [-0.1, -0.05) is 51.1 Å². The molecule has 0 aromatic heterocycles. The zero-order valence-electron chi connectivity index (χ0n) is 20.9. The van der Waals surface area contributed by atoms with Crippen LogP contribution in [0.4, 0.5) is 4.79 Å². The van der Waals surface area contributed by atoms with Gasteiger partial charge in [0.1, 0.15) is 12.7 Å². The van der Waals surface area contributed by atoms with Crippen molar-refractivity contribution in [3.63, 3.8) is 0 Å². The number of hydrogen-bond donors (Lipinski definition) is 2. The molecule has 34 heavy (non-hydrogen) atoms. The fraction of sp³-hybridized carbons (Fsp3) is 0.407. The summed E-state index contributed by atoms with van der Waals surface area (Å²) in [6, 6.07) is 12.5. The molecule has 2 aromatic carbocycles. The molecule has 0 saturated heterocycles. The van der Waals surface area contributed by atoms with Gasteiger partial charge in [0.15, 0.2) is 11.5 Å². The summed E-state index contributed by atoms with van der Waals surface area (Å²) in [5, 5.41) is 5.54. The third-order valence-corrected chi connectivity index (χ3v) is 6.03. The van der Waals surface area contributed by atoms with Crippen LogP contribution in [0, 0.1) is 12.3 Å². The summed E-state index contributed by atoms with van der Waals surface area (Å²) in [5.41, 5.74) is 3.16. The zero-order valence-corrected chi connectivity index (χ0v) is 20.9. The van der Waals surface area contributed by atoms with E-state index >= 15 is 0 Å². The van der Waals surface area contributed by atoms with Crippen LogP contribution in [0.25, 0.3) is 0 Å². The van der Waals surface area contributed by atoms with Crippen LogP contribution in [0.1, 0.15) is 57.4 Å². The molecule has 2 atom stereocenters. The molecule has 1 heterocycles. The van der Waals surface area contributed by atoms with Gasteiger partial charge in [-0.25, -0.2) is 9.59 Å². The molecule has 7 nitrogen and oxygen atoms in total. The van der Waals surface area contributed by atoms with Crippen molar-refractivity contribution in [2.45, 2.75) is 60.3 Å². The SMILES string of the molecule is COc1cc(C2NC(=O)NC(C)=C2C(=O)OC(C)C(C)(C)C)cc(C)c1OCc1ccccc1. The summed E-state index contributed by atoms with van der Waals surface area (Å²) in [4.78, 5) is 25.5. The quantitative estimate of drug-likeness (QED) is 0.549. The van der Waals surface area contributed by atoms with Gasteiger partial charge in [-0.15, -0.1) is 0 Å². The van der Waals surface area contributed by atoms with E-state index in [1.54, 1.807) is 20.1 Å². The van der Waals surface area contributed by atoms with Crippen LogP contribution in [-0.4, -0.2) is 25.2 Å². The number of amides is 2. The lowest BCUT2D eigenvalue weighted by atomic mass is 9.90. The van der Waals surface area contributed by atoms with Crippen molar-refractivity contribution >= 4 is 12.0 Å². The number of esters is 1. The first-order valence-electron chi connectivity index (χ1n) is 11.4. The van der Waals surface area contributed by atoms with Gasteiger partial charge in [-0.05, 0) is 55.0 Å². The molecule has 3 rings (SSSR count). The molecule has 7 heteroatoms. The second-order valence-electron chi connectivity index (χ2n) is 9.63. The number of benzene rings is 2. The molecule has 0 bridgehead atoms. The molecule has 0 aliphatic carbocycles. The summed E-state index contributed by atoms with van der Waals surface area (Å²) < 4.78 is 17.5. The number of hydrogen-bond acceptors (Lipinski definition) is 5.